The predicted octanol–water partition coefficient (Wildman–Crippen LogP) is 3.30. The molecule has 1 aromatic rings. The number of halogens is 1. The van der Waals surface area contributed by atoms with E-state index >= 15 is 0 Å². The van der Waals surface area contributed by atoms with Gasteiger partial charge in [0.2, 0.25) is 0 Å². The molecule has 20 heavy (non-hydrogen) atoms. The number of hydrogen-bond acceptors (Lipinski definition) is 2. The van der Waals surface area contributed by atoms with Gasteiger partial charge in [-0.1, -0.05) is 24.9 Å². The second kappa shape index (κ2) is 5.69. The lowest BCUT2D eigenvalue weighted by Gasteiger charge is -2.19. The van der Waals surface area contributed by atoms with Crippen LogP contribution in [0, 0.1) is 17.8 Å². The van der Waals surface area contributed by atoms with Crippen LogP contribution in [0.25, 0.3) is 0 Å². The fraction of sp³-hybridized carbons (Fsp3) is 0.812. The van der Waals surface area contributed by atoms with E-state index in [2.05, 4.69) is 36.0 Å². The van der Waals surface area contributed by atoms with Crippen LogP contribution < -0.4 is 5.32 Å². The summed E-state index contributed by atoms with van der Waals surface area (Å²) in [5.41, 5.74) is 2.28. The van der Waals surface area contributed by atoms with E-state index in [0.29, 0.717) is 6.04 Å². The zero-order chi connectivity index (χ0) is 14.3. The molecule has 2 aliphatic carbocycles. The van der Waals surface area contributed by atoms with E-state index in [1.165, 1.54) is 25.0 Å². The van der Waals surface area contributed by atoms with E-state index in [9.17, 15) is 0 Å². The molecule has 0 radical (unpaired) electrons. The van der Waals surface area contributed by atoms with E-state index in [-0.39, 0.29) is 0 Å². The fourth-order valence-corrected chi connectivity index (χ4v) is 4.67. The molecule has 1 aromatic heterocycles. The molecule has 0 amide bonds. The Morgan fingerprint density at radius 2 is 2.05 bits per heavy atom. The van der Waals surface area contributed by atoms with Gasteiger partial charge >= 0.3 is 0 Å². The van der Waals surface area contributed by atoms with Crippen LogP contribution in [0.5, 0.6) is 0 Å². The van der Waals surface area contributed by atoms with E-state index < -0.39 is 0 Å². The first kappa shape index (κ1) is 14.4. The number of nitrogens with one attached hydrogen (secondary N) is 1. The first-order valence-corrected chi connectivity index (χ1v) is 8.50. The second-order valence-electron chi connectivity index (χ2n) is 6.31. The number of aromatic nitrogens is 2. The van der Waals surface area contributed by atoms with Crippen molar-refractivity contribution >= 4 is 11.6 Å². The largest absolute Gasteiger partial charge is 0.316 e. The fourth-order valence-electron chi connectivity index (χ4n) is 4.32. The summed E-state index contributed by atoms with van der Waals surface area (Å²) in [5, 5.41) is 9.09. The Bertz CT molecular complexity index is 472. The summed E-state index contributed by atoms with van der Waals surface area (Å²) in [7, 11) is 2.10. The lowest BCUT2D eigenvalue weighted by atomic mass is 9.99. The smallest absolute Gasteiger partial charge is 0.0850 e. The number of fused-ring (bicyclic) bond motifs is 1. The normalized spacial score (nSPS) is 29.5. The van der Waals surface area contributed by atoms with Crippen molar-refractivity contribution in [1.29, 1.82) is 0 Å². The van der Waals surface area contributed by atoms with Gasteiger partial charge in [-0.05, 0) is 51.0 Å². The topological polar surface area (TPSA) is 29.9 Å². The molecule has 3 atom stereocenters. The van der Waals surface area contributed by atoms with Crippen LogP contribution in [0.4, 0.5) is 0 Å². The maximum absolute atomic E-state index is 6.54. The second-order valence-corrected chi connectivity index (χ2v) is 6.69. The Morgan fingerprint density at radius 1 is 1.35 bits per heavy atom. The minimum Gasteiger partial charge on any atom is -0.316 e. The number of aryl methyl sites for hydroxylation is 2. The summed E-state index contributed by atoms with van der Waals surface area (Å²) >= 11 is 6.54. The minimum atomic E-state index is 0.564. The standard InChI is InChI=1S/C16H26ClN3/c1-4-12-16(17)14(20(5-2)19-12)9-13(18-3)15-10-7-6-8-11(10)15/h10-11,13,15,18H,4-9H2,1-3H3. The van der Waals surface area contributed by atoms with E-state index in [1.54, 1.807) is 0 Å². The molecular formula is C16H26ClN3. The van der Waals surface area contributed by atoms with Crippen molar-refractivity contribution in [3.63, 3.8) is 0 Å². The molecular weight excluding hydrogens is 270 g/mol. The van der Waals surface area contributed by atoms with Gasteiger partial charge in [0.1, 0.15) is 0 Å². The van der Waals surface area contributed by atoms with Crippen LogP contribution >= 0.6 is 11.6 Å². The van der Waals surface area contributed by atoms with Crippen molar-refractivity contribution in [3.8, 4) is 0 Å². The monoisotopic (exact) mass is 295 g/mol. The molecule has 1 heterocycles. The van der Waals surface area contributed by atoms with Gasteiger partial charge in [-0.2, -0.15) is 5.10 Å². The predicted molar refractivity (Wildman–Crippen MR) is 83.2 cm³/mol. The van der Waals surface area contributed by atoms with Crippen molar-refractivity contribution in [2.24, 2.45) is 17.8 Å². The Kier molecular flexibility index (Phi) is 4.09. The van der Waals surface area contributed by atoms with Crippen LogP contribution in [-0.4, -0.2) is 22.9 Å². The molecule has 0 aromatic carbocycles. The molecule has 2 saturated carbocycles. The van der Waals surface area contributed by atoms with Gasteiger partial charge in [0, 0.05) is 19.0 Å². The maximum Gasteiger partial charge on any atom is 0.0850 e. The van der Waals surface area contributed by atoms with Gasteiger partial charge < -0.3 is 5.32 Å². The molecule has 0 spiro atoms. The third-order valence-electron chi connectivity index (χ3n) is 5.42. The quantitative estimate of drug-likeness (QED) is 0.873. The van der Waals surface area contributed by atoms with Crippen molar-refractivity contribution in [2.75, 3.05) is 7.05 Å². The van der Waals surface area contributed by atoms with Crippen LogP contribution in [0.1, 0.15) is 44.5 Å². The highest BCUT2D eigenvalue weighted by Crippen LogP contribution is 2.59. The Morgan fingerprint density at radius 3 is 2.60 bits per heavy atom. The third kappa shape index (κ3) is 2.29. The summed E-state index contributed by atoms with van der Waals surface area (Å²) in [5.74, 6) is 2.83. The summed E-state index contributed by atoms with van der Waals surface area (Å²) < 4.78 is 2.10. The van der Waals surface area contributed by atoms with Gasteiger partial charge in [0.05, 0.1) is 16.4 Å². The van der Waals surface area contributed by atoms with Crippen molar-refractivity contribution < 1.29 is 0 Å². The molecule has 4 heteroatoms. The van der Waals surface area contributed by atoms with Gasteiger partial charge in [-0.3, -0.25) is 4.68 Å². The SMILES string of the molecule is CCc1nn(CC)c(CC(NC)C2C3CCCC32)c1Cl. The van der Waals surface area contributed by atoms with E-state index in [0.717, 1.165) is 47.9 Å². The molecule has 3 unspecified atom stereocenters. The lowest BCUT2D eigenvalue weighted by molar-refractivity contribution is 0.417. The van der Waals surface area contributed by atoms with Crippen molar-refractivity contribution in [1.82, 2.24) is 15.1 Å². The van der Waals surface area contributed by atoms with E-state index in [1.807, 2.05) is 0 Å². The van der Waals surface area contributed by atoms with Gasteiger partial charge in [0.15, 0.2) is 0 Å². The van der Waals surface area contributed by atoms with Crippen molar-refractivity contribution in [3.05, 3.63) is 16.4 Å². The number of rotatable bonds is 6. The highest BCUT2D eigenvalue weighted by Gasteiger charge is 2.55. The maximum atomic E-state index is 6.54. The molecule has 2 aliphatic rings. The Labute approximate surface area is 127 Å². The molecule has 0 aliphatic heterocycles. The van der Waals surface area contributed by atoms with Crippen LogP contribution in [0.3, 0.4) is 0 Å². The highest BCUT2D eigenvalue weighted by atomic mass is 35.5. The van der Waals surface area contributed by atoms with Crippen LogP contribution in [0.15, 0.2) is 0 Å². The molecule has 0 saturated heterocycles. The first-order chi connectivity index (χ1) is 9.71. The number of likely N-dealkylation sites (N-methyl/N-ethyl adjacent to an activating group) is 1. The van der Waals surface area contributed by atoms with Gasteiger partial charge in [-0.15, -0.1) is 0 Å². The third-order valence-corrected chi connectivity index (χ3v) is 5.85. The zero-order valence-electron chi connectivity index (χ0n) is 12.8. The average molecular weight is 296 g/mol. The molecule has 112 valence electrons. The highest BCUT2D eigenvalue weighted by molar-refractivity contribution is 6.31. The molecule has 3 nitrogen and oxygen atoms in total. The lowest BCUT2D eigenvalue weighted by Crippen LogP contribution is -2.32. The number of hydrogen-bond donors (Lipinski definition) is 1. The Hall–Kier alpha value is -0.540. The summed E-state index contributed by atoms with van der Waals surface area (Å²) in [6.45, 7) is 5.17. The molecule has 2 fully saturated rings. The summed E-state index contributed by atoms with van der Waals surface area (Å²) in [4.78, 5) is 0. The molecule has 3 rings (SSSR count). The van der Waals surface area contributed by atoms with Gasteiger partial charge in [0.25, 0.3) is 0 Å². The minimum absolute atomic E-state index is 0.564. The summed E-state index contributed by atoms with van der Waals surface area (Å²) in [6, 6.07) is 0.564. The van der Waals surface area contributed by atoms with Crippen LogP contribution in [0.2, 0.25) is 5.02 Å². The summed E-state index contributed by atoms with van der Waals surface area (Å²) in [6.07, 6.45) is 6.25. The van der Waals surface area contributed by atoms with Crippen molar-refractivity contribution in [2.45, 2.75) is 58.5 Å². The first-order valence-electron chi connectivity index (χ1n) is 8.12. The number of nitrogens with zero attached hydrogens (tertiary/aromatic N) is 2. The molecule has 1 N–H and O–H groups in total. The average Bonchev–Trinajstić information content (AvgIpc) is 2.84. The van der Waals surface area contributed by atoms with Crippen LogP contribution in [-0.2, 0) is 19.4 Å². The molecule has 0 bridgehead atoms. The van der Waals surface area contributed by atoms with Gasteiger partial charge in [-0.25, -0.2) is 0 Å². The zero-order valence-corrected chi connectivity index (χ0v) is 13.6. The van der Waals surface area contributed by atoms with E-state index in [4.69, 9.17) is 11.6 Å². The Balaban J connectivity index is 1.77.